The van der Waals surface area contributed by atoms with Crippen molar-refractivity contribution in [3.63, 3.8) is 0 Å². The van der Waals surface area contributed by atoms with Crippen LogP contribution in [0.15, 0.2) is 0 Å². The first-order valence-corrected chi connectivity index (χ1v) is 5.78. The van der Waals surface area contributed by atoms with Crippen LogP contribution in [0.5, 0.6) is 0 Å². The molecule has 0 fully saturated rings. The van der Waals surface area contributed by atoms with Crippen LogP contribution < -0.4 is 11.8 Å². The Balaban J connectivity index is 2.85. The van der Waals surface area contributed by atoms with Gasteiger partial charge in [0.1, 0.15) is 6.79 Å². The molecule has 104 valence electrons. The number of unbranched alkanes of at least 4 members (excludes halogenated alkanes) is 2. The molecule has 0 saturated carbocycles. The van der Waals surface area contributed by atoms with Gasteiger partial charge in [0.2, 0.25) is 0 Å². The van der Waals surface area contributed by atoms with E-state index in [1.807, 2.05) is 0 Å². The van der Waals surface area contributed by atoms with Crippen LogP contribution in [0.1, 0.15) is 25.7 Å². The van der Waals surface area contributed by atoms with Gasteiger partial charge in [-0.3, -0.25) is 4.84 Å². The molecule has 17 heavy (non-hydrogen) atoms. The van der Waals surface area contributed by atoms with Gasteiger partial charge >= 0.3 is 0 Å². The van der Waals surface area contributed by atoms with Crippen molar-refractivity contribution in [1.29, 1.82) is 0 Å². The topological polar surface area (TPSA) is 98.2 Å². The van der Waals surface area contributed by atoms with Gasteiger partial charge in [-0.2, -0.15) is 0 Å². The first kappa shape index (κ1) is 16.7. The third kappa shape index (κ3) is 15.7. The molecule has 0 atom stereocenters. The fourth-order valence-electron chi connectivity index (χ4n) is 1.08. The maximum atomic E-state index is 5.26. The molecule has 0 aromatic carbocycles. The fraction of sp³-hybridized carbons (Fsp3) is 1.00. The van der Waals surface area contributed by atoms with Gasteiger partial charge in [0, 0.05) is 19.8 Å². The highest BCUT2D eigenvalue weighted by molar-refractivity contribution is 4.37. The Bertz CT molecular complexity index is 126. The molecular formula is C10H24N2O5. The van der Waals surface area contributed by atoms with E-state index in [1.54, 1.807) is 0 Å². The zero-order valence-corrected chi connectivity index (χ0v) is 10.3. The molecule has 0 amide bonds. The highest BCUT2D eigenvalue weighted by atomic mass is 16.7. The van der Waals surface area contributed by atoms with E-state index in [2.05, 4.69) is 9.68 Å². The smallest absolute Gasteiger partial charge is 0.166 e. The highest BCUT2D eigenvalue weighted by Crippen LogP contribution is 1.93. The molecule has 0 bridgehead atoms. The van der Waals surface area contributed by atoms with E-state index in [0.29, 0.717) is 33.2 Å². The van der Waals surface area contributed by atoms with Crippen LogP contribution in [-0.2, 0) is 23.9 Å². The number of nitrogens with two attached hydrogens (primary N) is 2. The molecule has 0 radical (unpaired) electrons. The maximum Gasteiger partial charge on any atom is 0.166 e. The van der Waals surface area contributed by atoms with Crippen LogP contribution in [0.3, 0.4) is 0 Å². The number of hydrogen-bond acceptors (Lipinski definition) is 7. The Morgan fingerprint density at radius 2 is 1.00 bits per heavy atom. The largest absolute Gasteiger partial charge is 0.355 e. The van der Waals surface area contributed by atoms with E-state index in [1.165, 1.54) is 0 Å². The Labute approximate surface area is 102 Å². The molecule has 0 aromatic rings. The van der Waals surface area contributed by atoms with E-state index in [-0.39, 0.29) is 6.79 Å². The summed E-state index contributed by atoms with van der Waals surface area (Å²) in [6, 6.07) is 0. The minimum atomic E-state index is 0.135. The van der Waals surface area contributed by atoms with E-state index in [4.69, 9.17) is 26.0 Å². The van der Waals surface area contributed by atoms with E-state index in [0.717, 1.165) is 25.7 Å². The summed E-state index contributed by atoms with van der Waals surface area (Å²) in [5.74, 6) is 9.66. The summed E-state index contributed by atoms with van der Waals surface area (Å²) in [5.41, 5.74) is 0. The Hall–Kier alpha value is -0.280. The second-order valence-electron chi connectivity index (χ2n) is 3.41. The van der Waals surface area contributed by atoms with Gasteiger partial charge in [-0.05, 0) is 25.7 Å². The number of rotatable bonds is 14. The van der Waals surface area contributed by atoms with Crippen molar-refractivity contribution in [2.24, 2.45) is 11.8 Å². The minimum absolute atomic E-state index is 0.135. The van der Waals surface area contributed by atoms with Gasteiger partial charge in [-0.1, -0.05) is 0 Å². The molecule has 0 aliphatic carbocycles. The quantitative estimate of drug-likeness (QED) is 0.260. The summed E-state index contributed by atoms with van der Waals surface area (Å²) in [4.78, 5) is 8.68. The van der Waals surface area contributed by atoms with Gasteiger partial charge in [0.05, 0.1) is 6.61 Å². The van der Waals surface area contributed by atoms with Crippen molar-refractivity contribution in [3.8, 4) is 0 Å². The molecule has 0 saturated heterocycles. The molecule has 0 rings (SSSR count). The first-order valence-electron chi connectivity index (χ1n) is 5.78. The van der Waals surface area contributed by atoms with E-state index < -0.39 is 0 Å². The second kappa shape index (κ2) is 15.7. The predicted octanol–water partition coefficient (Wildman–Crippen LogP) is 0.292. The lowest BCUT2D eigenvalue weighted by Gasteiger charge is -2.06. The van der Waals surface area contributed by atoms with Crippen molar-refractivity contribution >= 4 is 0 Å². The van der Waals surface area contributed by atoms with Crippen molar-refractivity contribution in [1.82, 2.24) is 0 Å². The lowest BCUT2D eigenvalue weighted by molar-refractivity contribution is -0.0671. The Morgan fingerprint density at radius 1 is 0.529 bits per heavy atom. The number of ether oxygens (including phenoxy) is 3. The summed E-state index contributed by atoms with van der Waals surface area (Å²) >= 11 is 0. The van der Waals surface area contributed by atoms with Crippen LogP contribution >= 0.6 is 0 Å². The van der Waals surface area contributed by atoms with Gasteiger partial charge in [-0.15, -0.1) is 0 Å². The van der Waals surface area contributed by atoms with E-state index >= 15 is 0 Å². The van der Waals surface area contributed by atoms with E-state index in [9.17, 15) is 0 Å². The van der Waals surface area contributed by atoms with Gasteiger partial charge < -0.3 is 19.0 Å². The zero-order chi connectivity index (χ0) is 12.6. The third-order valence-electron chi connectivity index (χ3n) is 1.95. The average Bonchev–Trinajstić information content (AvgIpc) is 2.35. The highest BCUT2D eigenvalue weighted by Gasteiger charge is 1.92. The standard InChI is InChI=1S/C10H24N2O5/c11-16-8-4-3-6-14-9-13-5-1-2-7-15-10-17-12/h1-12H2. The van der Waals surface area contributed by atoms with Crippen molar-refractivity contribution in [2.75, 3.05) is 40.0 Å². The fourth-order valence-corrected chi connectivity index (χ4v) is 1.08. The van der Waals surface area contributed by atoms with Crippen LogP contribution in [0, 0.1) is 0 Å². The normalized spacial score (nSPS) is 10.9. The number of hydrogen-bond donors (Lipinski definition) is 2. The van der Waals surface area contributed by atoms with Crippen LogP contribution in [0.4, 0.5) is 0 Å². The lowest BCUT2D eigenvalue weighted by Crippen LogP contribution is -2.07. The molecular weight excluding hydrogens is 228 g/mol. The summed E-state index contributed by atoms with van der Waals surface area (Å²) < 4.78 is 15.5. The zero-order valence-electron chi connectivity index (χ0n) is 10.3. The molecule has 7 nitrogen and oxygen atoms in total. The second-order valence-corrected chi connectivity index (χ2v) is 3.41. The molecule has 0 heterocycles. The molecule has 0 aliphatic rings. The summed E-state index contributed by atoms with van der Waals surface area (Å²) in [6.45, 7) is 2.99. The molecule has 4 N–H and O–H groups in total. The molecule has 0 aliphatic heterocycles. The summed E-state index contributed by atoms with van der Waals surface area (Å²) in [5, 5.41) is 0. The van der Waals surface area contributed by atoms with Gasteiger partial charge in [-0.25, -0.2) is 11.8 Å². The van der Waals surface area contributed by atoms with Crippen LogP contribution in [-0.4, -0.2) is 40.0 Å². The average molecular weight is 252 g/mol. The van der Waals surface area contributed by atoms with Crippen molar-refractivity contribution in [2.45, 2.75) is 25.7 Å². The first-order chi connectivity index (χ1) is 8.41. The van der Waals surface area contributed by atoms with Crippen LogP contribution in [0.25, 0.3) is 0 Å². The van der Waals surface area contributed by atoms with Gasteiger partial charge in [0.25, 0.3) is 0 Å². The van der Waals surface area contributed by atoms with Crippen molar-refractivity contribution in [3.05, 3.63) is 0 Å². The monoisotopic (exact) mass is 252 g/mol. The third-order valence-corrected chi connectivity index (χ3v) is 1.95. The van der Waals surface area contributed by atoms with Gasteiger partial charge in [0.15, 0.2) is 6.79 Å². The Morgan fingerprint density at radius 3 is 1.47 bits per heavy atom. The summed E-state index contributed by atoms with van der Waals surface area (Å²) in [6.07, 6.45) is 3.66. The Kier molecular flexibility index (Phi) is 15.5. The molecule has 0 unspecified atom stereocenters. The van der Waals surface area contributed by atoms with Crippen LogP contribution in [0.2, 0.25) is 0 Å². The van der Waals surface area contributed by atoms with Crippen molar-refractivity contribution < 1.29 is 23.9 Å². The minimum Gasteiger partial charge on any atom is -0.355 e. The molecule has 0 spiro atoms. The lowest BCUT2D eigenvalue weighted by atomic mass is 10.3. The predicted molar refractivity (Wildman–Crippen MR) is 61.5 cm³/mol. The molecule has 7 heteroatoms. The summed E-state index contributed by atoms with van der Waals surface area (Å²) in [7, 11) is 0. The molecule has 0 aromatic heterocycles. The maximum absolute atomic E-state index is 5.26. The SMILES string of the molecule is NOCCCCOCOCCCCOCON.